The molecular formula is C24H33N3OS. The number of piperazine rings is 1. The van der Waals surface area contributed by atoms with Crippen LogP contribution in [0, 0.1) is 6.92 Å². The van der Waals surface area contributed by atoms with Gasteiger partial charge >= 0.3 is 0 Å². The van der Waals surface area contributed by atoms with E-state index in [9.17, 15) is 4.79 Å². The molecule has 0 atom stereocenters. The van der Waals surface area contributed by atoms with Crippen LogP contribution in [0.25, 0.3) is 10.6 Å². The number of aromatic nitrogens is 1. The van der Waals surface area contributed by atoms with Crippen LogP contribution in [-0.4, -0.2) is 52.9 Å². The number of amides is 1. The van der Waals surface area contributed by atoms with Crippen molar-refractivity contribution in [3.8, 4) is 10.6 Å². The van der Waals surface area contributed by atoms with Crippen LogP contribution < -0.4 is 0 Å². The van der Waals surface area contributed by atoms with Gasteiger partial charge in [-0.15, -0.1) is 11.3 Å². The first kappa shape index (κ1) is 20.5. The standard InChI is InChI=1S/C24H33N3OS/c1-3-4-7-19-10-12-20(13-11-19)23-25-18(2)22(29-23)24(28)27-16-14-26(15-17-27)21-8-5-6-9-21/h10-13,21H,3-9,14-17H2,1-2H3. The second kappa shape index (κ2) is 9.40. The number of hydrogen-bond acceptors (Lipinski definition) is 4. The van der Waals surface area contributed by atoms with Crippen molar-refractivity contribution >= 4 is 17.2 Å². The minimum Gasteiger partial charge on any atom is -0.335 e. The number of hydrogen-bond donors (Lipinski definition) is 0. The number of carbonyl (C=O) groups excluding carboxylic acids is 1. The molecule has 1 aliphatic carbocycles. The highest BCUT2D eigenvalue weighted by Crippen LogP contribution is 2.30. The van der Waals surface area contributed by atoms with Crippen molar-refractivity contribution in [3.05, 3.63) is 40.4 Å². The highest BCUT2D eigenvalue weighted by molar-refractivity contribution is 7.17. The highest BCUT2D eigenvalue weighted by Gasteiger charge is 2.29. The van der Waals surface area contributed by atoms with Crippen molar-refractivity contribution in [1.82, 2.24) is 14.8 Å². The first-order valence-electron chi connectivity index (χ1n) is 11.3. The Balaban J connectivity index is 1.40. The van der Waals surface area contributed by atoms with Crippen LogP contribution in [0.3, 0.4) is 0 Å². The van der Waals surface area contributed by atoms with Crippen molar-refractivity contribution in [2.75, 3.05) is 26.2 Å². The molecule has 4 rings (SSSR count). The number of benzene rings is 1. The zero-order chi connectivity index (χ0) is 20.2. The largest absolute Gasteiger partial charge is 0.335 e. The molecule has 1 saturated heterocycles. The predicted molar refractivity (Wildman–Crippen MR) is 121 cm³/mol. The number of thiazole rings is 1. The molecule has 0 radical (unpaired) electrons. The summed E-state index contributed by atoms with van der Waals surface area (Å²) in [5, 5.41) is 0.956. The Morgan fingerprint density at radius 3 is 2.45 bits per heavy atom. The molecule has 1 amide bonds. The van der Waals surface area contributed by atoms with E-state index in [2.05, 4.69) is 36.1 Å². The molecule has 2 heterocycles. The Bertz CT molecular complexity index is 815. The summed E-state index contributed by atoms with van der Waals surface area (Å²) in [5.74, 6) is 0.164. The molecule has 156 valence electrons. The van der Waals surface area contributed by atoms with Gasteiger partial charge in [-0.05, 0) is 38.2 Å². The number of nitrogens with zero attached hydrogens (tertiary/aromatic N) is 3. The van der Waals surface area contributed by atoms with Gasteiger partial charge in [-0.2, -0.15) is 0 Å². The number of rotatable bonds is 6. The Morgan fingerprint density at radius 1 is 1.10 bits per heavy atom. The molecule has 4 nitrogen and oxygen atoms in total. The van der Waals surface area contributed by atoms with Crippen molar-refractivity contribution in [2.45, 2.75) is 64.8 Å². The van der Waals surface area contributed by atoms with Crippen molar-refractivity contribution < 1.29 is 4.79 Å². The first-order chi connectivity index (χ1) is 14.2. The molecule has 1 saturated carbocycles. The zero-order valence-corrected chi connectivity index (χ0v) is 18.6. The zero-order valence-electron chi connectivity index (χ0n) is 17.8. The van der Waals surface area contributed by atoms with E-state index in [0.29, 0.717) is 0 Å². The minimum absolute atomic E-state index is 0.164. The second-order valence-electron chi connectivity index (χ2n) is 8.50. The van der Waals surface area contributed by atoms with E-state index >= 15 is 0 Å². The highest BCUT2D eigenvalue weighted by atomic mass is 32.1. The van der Waals surface area contributed by atoms with Gasteiger partial charge < -0.3 is 4.90 Å². The van der Waals surface area contributed by atoms with E-state index in [4.69, 9.17) is 4.98 Å². The summed E-state index contributed by atoms with van der Waals surface area (Å²) in [7, 11) is 0. The van der Waals surface area contributed by atoms with Crippen LogP contribution >= 0.6 is 11.3 Å². The lowest BCUT2D eigenvalue weighted by Crippen LogP contribution is -2.51. The molecule has 1 aliphatic heterocycles. The molecule has 0 spiro atoms. The predicted octanol–water partition coefficient (Wildman–Crippen LogP) is 5.16. The van der Waals surface area contributed by atoms with Crippen LogP contribution in [0.4, 0.5) is 0 Å². The molecule has 29 heavy (non-hydrogen) atoms. The quantitative estimate of drug-likeness (QED) is 0.659. The third-order valence-corrected chi connectivity index (χ3v) is 7.65. The van der Waals surface area contributed by atoms with Gasteiger partial charge in [-0.25, -0.2) is 4.98 Å². The van der Waals surface area contributed by atoms with Crippen LogP contribution in [0.5, 0.6) is 0 Å². The number of unbranched alkanes of at least 4 members (excludes halogenated alkanes) is 1. The van der Waals surface area contributed by atoms with Gasteiger partial charge in [0.25, 0.3) is 5.91 Å². The molecule has 0 bridgehead atoms. The van der Waals surface area contributed by atoms with Crippen LogP contribution in [-0.2, 0) is 6.42 Å². The van der Waals surface area contributed by atoms with Crippen LogP contribution in [0.1, 0.15) is 66.4 Å². The van der Waals surface area contributed by atoms with Crippen LogP contribution in [0.15, 0.2) is 24.3 Å². The molecule has 2 aromatic rings. The lowest BCUT2D eigenvalue weighted by molar-refractivity contribution is 0.0577. The van der Waals surface area contributed by atoms with Crippen molar-refractivity contribution in [1.29, 1.82) is 0 Å². The summed E-state index contributed by atoms with van der Waals surface area (Å²) in [5.41, 5.74) is 3.35. The lowest BCUT2D eigenvalue weighted by Gasteiger charge is -2.37. The number of carbonyl (C=O) groups is 1. The molecular weight excluding hydrogens is 378 g/mol. The van der Waals surface area contributed by atoms with Gasteiger partial charge in [-0.3, -0.25) is 9.69 Å². The third kappa shape index (κ3) is 4.72. The van der Waals surface area contributed by atoms with Gasteiger partial charge in [0.1, 0.15) is 9.88 Å². The third-order valence-electron chi connectivity index (χ3n) is 6.45. The van der Waals surface area contributed by atoms with Gasteiger partial charge in [0.15, 0.2) is 0 Å². The molecule has 5 heteroatoms. The van der Waals surface area contributed by atoms with Crippen molar-refractivity contribution in [2.24, 2.45) is 0 Å². The Labute approximate surface area is 178 Å². The summed E-state index contributed by atoms with van der Waals surface area (Å²) >= 11 is 1.55. The molecule has 2 fully saturated rings. The fourth-order valence-electron chi connectivity index (χ4n) is 4.62. The maximum atomic E-state index is 13.1. The molecule has 0 unspecified atom stereocenters. The average molecular weight is 412 g/mol. The normalized spacial score (nSPS) is 18.5. The second-order valence-corrected chi connectivity index (χ2v) is 9.50. The average Bonchev–Trinajstić information content (AvgIpc) is 3.42. The van der Waals surface area contributed by atoms with E-state index in [1.807, 2.05) is 11.8 Å². The van der Waals surface area contributed by atoms with Crippen molar-refractivity contribution in [3.63, 3.8) is 0 Å². The number of aryl methyl sites for hydroxylation is 2. The SMILES string of the molecule is CCCCc1ccc(-c2nc(C)c(C(=O)N3CCN(C4CCCC4)CC3)s2)cc1. The smallest absolute Gasteiger partial charge is 0.265 e. The summed E-state index contributed by atoms with van der Waals surface area (Å²) in [6, 6.07) is 9.46. The van der Waals surface area contributed by atoms with Gasteiger partial charge in [0.05, 0.1) is 5.69 Å². The van der Waals surface area contributed by atoms with Gasteiger partial charge in [0, 0.05) is 37.8 Å². The minimum atomic E-state index is 0.164. The molecule has 1 aromatic heterocycles. The van der Waals surface area contributed by atoms with E-state index in [1.54, 1.807) is 11.3 Å². The monoisotopic (exact) mass is 411 g/mol. The Morgan fingerprint density at radius 2 is 1.79 bits per heavy atom. The fourth-order valence-corrected chi connectivity index (χ4v) is 5.66. The fraction of sp³-hybridized carbons (Fsp3) is 0.583. The van der Waals surface area contributed by atoms with E-state index in [1.165, 1.54) is 44.1 Å². The summed E-state index contributed by atoms with van der Waals surface area (Å²) in [6.07, 6.45) is 8.98. The molecule has 1 aromatic carbocycles. The molecule has 0 N–H and O–H groups in total. The van der Waals surface area contributed by atoms with E-state index in [-0.39, 0.29) is 5.91 Å². The van der Waals surface area contributed by atoms with Crippen LogP contribution in [0.2, 0.25) is 0 Å². The van der Waals surface area contributed by atoms with Gasteiger partial charge in [-0.1, -0.05) is 50.5 Å². The summed E-state index contributed by atoms with van der Waals surface area (Å²) in [6.45, 7) is 7.90. The molecule has 2 aliphatic rings. The Hall–Kier alpha value is -1.72. The lowest BCUT2D eigenvalue weighted by atomic mass is 10.1. The maximum absolute atomic E-state index is 13.1. The van der Waals surface area contributed by atoms with Gasteiger partial charge in [0.2, 0.25) is 0 Å². The Kier molecular flexibility index (Phi) is 6.66. The van der Waals surface area contributed by atoms with E-state index in [0.717, 1.165) is 59.8 Å². The van der Waals surface area contributed by atoms with E-state index < -0.39 is 0 Å². The first-order valence-corrected chi connectivity index (χ1v) is 12.1. The maximum Gasteiger partial charge on any atom is 0.265 e. The topological polar surface area (TPSA) is 36.4 Å². The summed E-state index contributed by atoms with van der Waals surface area (Å²) in [4.78, 5) is 23.3. The summed E-state index contributed by atoms with van der Waals surface area (Å²) < 4.78 is 0.